The Morgan fingerprint density at radius 3 is 2.50 bits per heavy atom. The van der Waals surface area contributed by atoms with E-state index in [0.717, 1.165) is 5.56 Å². The van der Waals surface area contributed by atoms with Gasteiger partial charge >= 0.3 is 6.09 Å². The second-order valence-electron chi connectivity index (χ2n) is 8.73. The maximum absolute atomic E-state index is 14.6. The zero-order valence-electron chi connectivity index (χ0n) is 18.1. The van der Waals surface area contributed by atoms with Crippen molar-refractivity contribution in [2.45, 2.75) is 52.7 Å². The summed E-state index contributed by atoms with van der Waals surface area (Å²) in [5.41, 5.74) is 1.20. The van der Waals surface area contributed by atoms with Gasteiger partial charge in [-0.05, 0) is 36.2 Å². The summed E-state index contributed by atoms with van der Waals surface area (Å²) in [6, 6.07) is 14.1. The molecule has 0 aromatic heterocycles. The first-order chi connectivity index (χ1) is 14.1. The van der Waals surface area contributed by atoms with Crippen LogP contribution in [-0.2, 0) is 15.8 Å². The normalized spacial score (nSPS) is 17.9. The van der Waals surface area contributed by atoms with Crippen LogP contribution >= 0.6 is 0 Å². The van der Waals surface area contributed by atoms with Gasteiger partial charge in [0.2, 0.25) is 9.04 Å². The van der Waals surface area contributed by atoms with Gasteiger partial charge in [-0.2, -0.15) is 0 Å². The molecule has 1 amide bonds. The Bertz CT molecular complexity index is 869. The first-order valence-corrected chi connectivity index (χ1v) is 12.5. The Balaban J connectivity index is 1.71. The molecule has 0 bridgehead atoms. The molecule has 30 heavy (non-hydrogen) atoms. The Kier molecular flexibility index (Phi) is 6.83. The van der Waals surface area contributed by atoms with Gasteiger partial charge in [-0.25, -0.2) is 9.18 Å². The predicted octanol–water partition coefficient (Wildman–Crippen LogP) is 5.41. The minimum atomic E-state index is -0.978. The van der Waals surface area contributed by atoms with Crippen molar-refractivity contribution < 1.29 is 23.1 Å². The minimum absolute atomic E-state index is 0.145. The molecule has 1 heterocycles. The smallest absolute Gasteiger partial charge is 0.414 e. The first kappa shape index (κ1) is 22.3. The van der Waals surface area contributed by atoms with Crippen LogP contribution in [0.2, 0.25) is 13.1 Å². The van der Waals surface area contributed by atoms with E-state index in [1.807, 2.05) is 30.3 Å². The SMILES string of the molecule is C[Si](C)OC([C@H]1CN(c2ccc(OCc3ccccc3)c(F)c2)C(=O)O1)C(C)(C)C. The Labute approximate surface area is 179 Å². The number of rotatable bonds is 7. The maximum Gasteiger partial charge on any atom is 0.414 e. The van der Waals surface area contributed by atoms with Gasteiger partial charge in [0.05, 0.1) is 18.3 Å². The Morgan fingerprint density at radius 2 is 1.90 bits per heavy atom. The van der Waals surface area contributed by atoms with E-state index in [-0.39, 0.29) is 23.9 Å². The number of cyclic esters (lactones) is 1. The van der Waals surface area contributed by atoms with Gasteiger partial charge in [-0.3, -0.25) is 4.90 Å². The van der Waals surface area contributed by atoms with Gasteiger partial charge in [-0.1, -0.05) is 51.1 Å². The first-order valence-electron chi connectivity index (χ1n) is 10.1. The van der Waals surface area contributed by atoms with E-state index < -0.39 is 27.1 Å². The summed E-state index contributed by atoms with van der Waals surface area (Å²) in [4.78, 5) is 14.0. The summed E-state index contributed by atoms with van der Waals surface area (Å²) >= 11 is 0. The molecule has 3 rings (SSSR count). The molecule has 0 aliphatic carbocycles. The van der Waals surface area contributed by atoms with Crippen LogP contribution < -0.4 is 9.64 Å². The lowest BCUT2D eigenvalue weighted by Crippen LogP contribution is -2.44. The number of carbonyl (C=O) groups excluding carboxylic acids is 1. The van der Waals surface area contributed by atoms with Crippen molar-refractivity contribution >= 4 is 20.8 Å². The number of nitrogens with zero attached hydrogens (tertiary/aromatic N) is 1. The summed E-state index contributed by atoms with van der Waals surface area (Å²) < 4.78 is 32.0. The molecule has 1 fully saturated rings. The van der Waals surface area contributed by atoms with Crippen LogP contribution in [0.5, 0.6) is 5.75 Å². The van der Waals surface area contributed by atoms with Gasteiger partial charge in [-0.15, -0.1) is 0 Å². The molecule has 1 saturated heterocycles. The van der Waals surface area contributed by atoms with Crippen molar-refractivity contribution in [1.82, 2.24) is 0 Å². The third-order valence-corrected chi connectivity index (χ3v) is 5.58. The highest BCUT2D eigenvalue weighted by Crippen LogP contribution is 2.33. The van der Waals surface area contributed by atoms with Crippen molar-refractivity contribution in [2.75, 3.05) is 11.4 Å². The highest BCUT2D eigenvalue weighted by atomic mass is 28.3. The largest absolute Gasteiger partial charge is 0.486 e. The molecule has 0 spiro atoms. The lowest BCUT2D eigenvalue weighted by atomic mass is 9.86. The van der Waals surface area contributed by atoms with Crippen molar-refractivity contribution in [1.29, 1.82) is 0 Å². The summed E-state index contributed by atoms with van der Waals surface area (Å²) in [7, 11) is -0.978. The quantitative estimate of drug-likeness (QED) is 0.551. The van der Waals surface area contributed by atoms with E-state index in [1.165, 1.54) is 11.0 Å². The van der Waals surface area contributed by atoms with Crippen LogP contribution in [0.1, 0.15) is 26.3 Å². The molecule has 1 unspecified atom stereocenters. The number of halogens is 1. The number of ether oxygens (including phenoxy) is 2. The molecule has 1 aliphatic rings. The van der Waals surface area contributed by atoms with Crippen LogP contribution in [0.15, 0.2) is 48.5 Å². The van der Waals surface area contributed by atoms with Gasteiger partial charge in [0, 0.05) is 6.07 Å². The van der Waals surface area contributed by atoms with Gasteiger partial charge in [0.25, 0.3) is 0 Å². The number of carbonyl (C=O) groups is 1. The van der Waals surface area contributed by atoms with Gasteiger partial charge in [0.15, 0.2) is 11.6 Å². The molecule has 2 atom stereocenters. The summed E-state index contributed by atoms with van der Waals surface area (Å²) in [6.45, 7) is 10.9. The number of hydrogen-bond acceptors (Lipinski definition) is 4. The van der Waals surface area contributed by atoms with Crippen molar-refractivity contribution in [3.63, 3.8) is 0 Å². The summed E-state index contributed by atoms with van der Waals surface area (Å²) in [5.74, 6) is -0.372. The number of amides is 1. The number of anilines is 1. The predicted molar refractivity (Wildman–Crippen MR) is 117 cm³/mol. The van der Waals surface area contributed by atoms with E-state index in [4.69, 9.17) is 13.9 Å². The minimum Gasteiger partial charge on any atom is -0.486 e. The van der Waals surface area contributed by atoms with Crippen molar-refractivity contribution in [2.24, 2.45) is 5.41 Å². The second-order valence-corrected chi connectivity index (χ2v) is 10.8. The molecule has 7 heteroatoms. The molecule has 2 aromatic rings. The second kappa shape index (κ2) is 9.18. The zero-order chi connectivity index (χ0) is 21.9. The molecular weight excluding hydrogens is 401 g/mol. The van der Waals surface area contributed by atoms with Gasteiger partial charge in [0.1, 0.15) is 12.7 Å². The zero-order valence-corrected chi connectivity index (χ0v) is 19.1. The van der Waals surface area contributed by atoms with E-state index >= 15 is 0 Å². The summed E-state index contributed by atoms with van der Waals surface area (Å²) in [5, 5.41) is 0. The van der Waals surface area contributed by atoms with Crippen LogP contribution in [0, 0.1) is 11.2 Å². The van der Waals surface area contributed by atoms with Crippen LogP contribution in [0.4, 0.5) is 14.9 Å². The average Bonchev–Trinajstić information content (AvgIpc) is 3.06. The number of hydrogen-bond donors (Lipinski definition) is 0. The topological polar surface area (TPSA) is 48.0 Å². The Hall–Kier alpha value is -2.38. The van der Waals surface area contributed by atoms with E-state index in [0.29, 0.717) is 12.2 Å². The third-order valence-electron chi connectivity index (χ3n) is 4.85. The Morgan fingerprint density at radius 1 is 1.20 bits per heavy atom. The fourth-order valence-electron chi connectivity index (χ4n) is 3.43. The molecule has 1 radical (unpaired) electrons. The van der Waals surface area contributed by atoms with E-state index in [1.54, 1.807) is 12.1 Å². The van der Waals surface area contributed by atoms with Crippen LogP contribution in [0.25, 0.3) is 0 Å². The molecule has 0 saturated carbocycles. The number of benzene rings is 2. The lowest BCUT2D eigenvalue weighted by molar-refractivity contribution is -0.0143. The van der Waals surface area contributed by atoms with Crippen LogP contribution in [0.3, 0.4) is 0 Å². The molecule has 5 nitrogen and oxygen atoms in total. The summed E-state index contributed by atoms with van der Waals surface area (Å²) in [6.07, 6.45) is -1.13. The van der Waals surface area contributed by atoms with Crippen LogP contribution in [-0.4, -0.2) is 33.9 Å². The molecular formula is C23H29FNO4Si. The standard InChI is InChI=1S/C23H29FNO4Si/c1-23(2,3)21(29-30(4)5)20-14-25(22(26)28-20)17-11-12-19(18(24)13-17)27-15-16-9-7-6-8-10-16/h6-13,20-21H,14-15H2,1-5H3/t20-,21?/m1/s1. The van der Waals surface area contributed by atoms with E-state index in [2.05, 4.69) is 33.9 Å². The molecule has 161 valence electrons. The highest BCUT2D eigenvalue weighted by Gasteiger charge is 2.43. The molecule has 1 aliphatic heterocycles. The highest BCUT2D eigenvalue weighted by molar-refractivity contribution is 6.48. The molecule has 2 aromatic carbocycles. The fraction of sp³-hybridized carbons (Fsp3) is 0.435. The lowest BCUT2D eigenvalue weighted by Gasteiger charge is -2.35. The maximum atomic E-state index is 14.6. The van der Waals surface area contributed by atoms with Crippen molar-refractivity contribution in [3.05, 3.63) is 59.9 Å². The van der Waals surface area contributed by atoms with E-state index in [9.17, 15) is 9.18 Å². The van der Waals surface area contributed by atoms with Crippen molar-refractivity contribution in [3.8, 4) is 5.75 Å². The third kappa shape index (κ3) is 5.40. The average molecular weight is 431 g/mol. The monoisotopic (exact) mass is 430 g/mol. The molecule has 0 N–H and O–H groups in total. The van der Waals surface area contributed by atoms with Gasteiger partial charge < -0.3 is 13.9 Å². The fourth-order valence-corrected chi connectivity index (χ4v) is 4.44.